The van der Waals surface area contributed by atoms with E-state index < -0.39 is 0 Å². The Morgan fingerprint density at radius 3 is 2.27 bits per heavy atom. The third kappa shape index (κ3) is 4.63. The van der Waals surface area contributed by atoms with E-state index in [4.69, 9.17) is 14.2 Å². The third-order valence-corrected chi connectivity index (χ3v) is 3.67. The zero-order chi connectivity index (χ0) is 18.2. The van der Waals surface area contributed by atoms with Crippen LogP contribution in [0.5, 0.6) is 23.0 Å². The largest absolute Gasteiger partial charge is 0.493 e. The highest BCUT2D eigenvalue weighted by atomic mass is 16.5. The molecule has 0 spiro atoms. The molecule has 0 aliphatic heterocycles. The number of nitrogens with zero attached hydrogens (tertiary/aromatic N) is 1. The van der Waals surface area contributed by atoms with Crippen LogP contribution >= 0.6 is 0 Å². The van der Waals surface area contributed by atoms with E-state index in [1.807, 2.05) is 79.7 Å². The van der Waals surface area contributed by atoms with Crippen molar-refractivity contribution in [2.45, 2.75) is 6.92 Å². The lowest BCUT2D eigenvalue weighted by Crippen LogP contribution is -1.96. The van der Waals surface area contributed by atoms with Crippen LogP contribution < -0.4 is 14.2 Å². The van der Waals surface area contributed by atoms with Gasteiger partial charge in [0.25, 0.3) is 0 Å². The zero-order valence-electron chi connectivity index (χ0n) is 14.9. The highest BCUT2D eigenvalue weighted by molar-refractivity contribution is 5.83. The number of aliphatic imine (C=N–C) groups is 1. The Bertz CT molecular complexity index is 858. The van der Waals surface area contributed by atoms with E-state index in [1.54, 1.807) is 13.3 Å². The van der Waals surface area contributed by atoms with Crippen molar-refractivity contribution in [3.63, 3.8) is 0 Å². The second-order valence-electron chi connectivity index (χ2n) is 5.51. The number of rotatable bonds is 7. The monoisotopic (exact) mass is 347 g/mol. The van der Waals surface area contributed by atoms with E-state index in [1.165, 1.54) is 0 Å². The average molecular weight is 347 g/mol. The fraction of sp³-hybridized carbons (Fsp3) is 0.136. The molecule has 0 aliphatic rings. The van der Waals surface area contributed by atoms with Crippen LogP contribution in [0.4, 0.5) is 5.69 Å². The maximum absolute atomic E-state index is 5.78. The molecule has 0 aliphatic carbocycles. The summed E-state index contributed by atoms with van der Waals surface area (Å²) in [4.78, 5) is 4.50. The molecule has 132 valence electrons. The highest BCUT2D eigenvalue weighted by Crippen LogP contribution is 2.28. The molecule has 26 heavy (non-hydrogen) atoms. The Balaban J connectivity index is 1.69. The summed E-state index contributed by atoms with van der Waals surface area (Å²) in [5, 5.41) is 0. The minimum Gasteiger partial charge on any atom is -0.493 e. The molecule has 0 aromatic heterocycles. The second-order valence-corrected chi connectivity index (χ2v) is 5.51. The number of ether oxygens (including phenoxy) is 3. The molecule has 3 aromatic rings. The van der Waals surface area contributed by atoms with Gasteiger partial charge in [-0.2, -0.15) is 0 Å². The van der Waals surface area contributed by atoms with Crippen LogP contribution in [0.15, 0.2) is 77.8 Å². The fourth-order valence-corrected chi connectivity index (χ4v) is 2.42. The van der Waals surface area contributed by atoms with Crippen LogP contribution in [0.25, 0.3) is 0 Å². The highest BCUT2D eigenvalue weighted by Gasteiger charge is 2.04. The Kier molecular flexibility index (Phi) is 5.88. The Hall–Kier alpha value is -3.27. The van der Waals surface area contributed by atoms with Crippen LogP contribution in [0.3, 0.4) is 0 Å². The molecule has 0 bridgehead atoms. The van der Waals surface area contributed by atoms with Crippen molar-refractivity contribution in [1.82, 2.24) is 0 Å². The first kappa shape index (κ1) is 17.5. The number of benzene rings is 3. The molecule has 0 atom stereocenters. The zero-order valence-corrected chi connectivity index (χ0v) is 14.9. The molecule has 4 heteroatoms. The average Bonchev–Trinajstić information content (AvgIpc) is 2.69. The summed E-state index contributed by atoms with van der Waals surface area (Å²) in [6, 6.07) is 23.1. The van der Waals surface area contributed by atoms with Gasteiger partial charge < -0.3 is 14.2 Å². The summed E-state index contributed by atoms with van der Waals surface area (Å²) in [5.74, 6) is 3.01. The van der Waals surface area contributed by atoms with Gasteiger partial charge in [-0.05, 0) is 67.1 Å². The van der Waals surface area contributed by atoms with E-state index in [2.05, 4.69) is 4.99 Å². The number of methoxy groups -OCH3 is 1. The molecule has 4 nitrogen and oxygen atoms in total. The summed E-state index contributed by atoms with van der Waals surface area (Å²) in [5.41, 5.74) is 1.79. The molecule has 0 radical (unpaired) electrons. The smallest absolute Gasteiger partial charge is 0.161 e. The van der Waals surface area contributed by atoms with Gasteiger partial charge in [-0.1, -0.05) is 18.2 Å². The van der Waals surface area contributed by atoms with Crippen molar-refractivity contribution in [2.24, 2.45) is 4.99 Å². The standard InChI is InChI=1S/C22H21NO3/c1-3-25-22-15-17(9-14-21(22)24-2)16-23-18-10-12-20(13-11-18)26-19-7-5-4-6-8-19/h4-16H,3H2,1-2H3. The first-order chi connectivity index (χ1) is 12.8. The first-order valence-electron chi connectivity index (χ1n) is 8.46. The minimum atomic E-state index is 0.583. The summed E-state index contributed by atoms with van der Waals surface area (Å²) in [7, 11) is 1.63. The van der Waals surface area contributed by atoms with Crippen molar-refractivity contribution in [3.8, 4) is 23.0 Å². The summed E-state index contributed by atoms with van der Waals surface area (Å²) in [6.07, 6.45) is 1.80. The van der Waals surface area contributed by atoms with E-state index in [0.717, 1.165) is 22.7 Å². The molecular weight excluding hydrogens is 326 g/mol. The quantitative estimate of drug-likeness (QED) is 0.520. The van der Waals surface area contributed by atoms with Gasteiger partial charge in [-0.25, -0.2) is 0 Å². The summed E-state index contributed by atoms with van der Waals surface area (Å²) >= 11 is 0. The van der Waals surface area contributed by atoms with Gasteiger partial charge in [0.05, 0.1) is 19.4 Å². The Morgan fingerprint density at radius 2 is 1.58 bits per heavy atom. The lowest BCUT2D eigenvalue weighted by molar-refractivity contribution is 0.311. The third-order valence-electron chi connectivity index (χ3n) is 3.67. The number of hydrogen-bond acceptors (Lipinski definition) is 4. The van der Waals surface area contributed by atoms with Crippen LogP contribution in [0.1, 0.15) is 12.5 Å². The van der Waals surface area contributed by atoms with E-state index in [-0.39, 0.29) is 0 Å². The van der Waals surface area contributed by atoms with Gasteiger partial charge in [0.15, 0.2) is 11.5 Å². The van der Waals surface area contributed by atoms with Crippen molar-refractivity contribution in [1.29, 1.82) is 0 Å². The maximum atomic E-state index is 5.78. The predicted octanol–water partition coefficient (Wildman–Crippen LogP) is 5.64. The number of para-hydroxylation sites is 1. The van der Waals surface area contributed by atoms with Crippen molar-refractivity contribution >= 4 is 11.9 Å². The van der Waals surface area contributed by atoms with E-state index in [9.17, 15) is 0 Å². The van der Waals surface area contributed by atoms with E-state index in [0.29, 0.717) is 18.1 Å². The molecule has 3 aromatic carbocycles. The van der Waals surface area contributed by atoms with Gasteiger partial charge >= 0.3 is 0 Å². The summed E-state index contributed by atoms with van der Waals surface area (Å²) < 4.78 is 16.7. The van der Waals surface area contributed by atoms with Crippen molar-refractivity contribution < 1.29 is 14.2 Å². The van der Waals surface area contributed by atoms with Gasteiger partial charge in [-0.15, -0.1) is 0 Å². The first-order valence-corrected chi connectivity index (χ1v) is 8.46. The maximum Gasteiger partial charge on any atom is 0.161 e. The van der Waals surface area contributed by atoms with Crippen LogP contribution in [-0.4, -0.2) is 19.9 Å². The topological polar surface area (TPSA) is 40.0 Å². The predicted molar refractivity (Wildman–Crippen MR) is 104 cm³/mol. The van der Waals surface area contributed by atoms with Gasteiger partial charge in [0.2, 0.25) is 0 Å². The van der Waals surface area contributed by atoms with Crippen LogP contribution in [0.2, 0.25) is 0 Å². The molecule has 0 unspecified atom stereocenters. The fourth-order valence-electron chi connectivity index (χ4n) is 2.42. The normalized spacial score (nSPS) is 10.7. The lowest BCUT2D eigenvalue weighted by Gasteiger charge is -2.09. The molecular formula is C22H21NO3. The van der Waals surface area contributed by atoms with E-state index >= 15 is 0 Å². The molecule has 0 saturated carbocycles. The molecule has 0 heterocycles. The second kappa shape index (κ2) is 8.72. The van der Waals surface area contributed by atoms with Crippen molar-refractivity contribution in [2.75, 3.05) is 13.7 Å². The van der Waals surface area contributed by atoms with Crippen molar-refractivity contribution in [3.05, 3.63) is 78.4 Å². The molecule has 0 fully saturated rings. The lowest BCUT2D eigenvalue weighted by atomic mass is 10.2. The summed E-state index contributed by atoms with van der Waals surface area (Å²) in [6.45, 7) is 2.53. The molecule has 0 amide bonds. The van der Waals surface area contributed by atoms with Gasteiger partial charge in [0.1, 0.15) is 11.5 Å². The van der Waals surface area contributed by atoms with Gasteiger partial charge in [0, 0.05) is 6.21 Å². The van der Waals surface area contributed by atoms with Crippen LogP contribution in [-0.2, 0) is 0 Å². The minimum absolute atomic E-state index is 0.583. The molecule has 0 saturated heterocycles. The van der Waals surface area contributed by atoms with Gasteiger partial charge in [-0.3, -0.25) is 4.99 Å². The Labute approximate surface area is 153 Å². The molecule has 3 rings (SSSR count). The number of hydrogen-bond donors (Lipinski definition) is 0. The Morgan fingerprint density at radius 1 is 0.846 bits per heavy atom. The SMILES string of the molecule is CCOc1cc(C=Nc2ccc(Oc3ccccc3)cc2)ccc1OC. The molecule has 0 N–H and O–H groups in total. The van der Waals surface area contributed by atoms with Crippen LogP contribution in [0, 0.1) is 0 Å².